The average molecular weight is 459 g/mol. The van der Waals surface area contributed by atoms with Crippen LogP contribution in [-0.4, -0.2) is 65.6 Å². The van der Waals surface area contributed by atoms with Crippen LogP contribution in [0.2, 0.25) is 0 Å². The molecule has 0 amide bonds. The van der Waals surface area contributed by atoms with E-state index in [0.29, 0.717) is 11.2 Å². The molecule has 1 aliphatic heterocycles. The summed E-state index contributed by atoms with van der Waals surface area (Å²) in [7, 11) is -4.53. The fraction of sp³-hybridized carbons (Fsp3) is 0.722. The van der Waals surface area contributed by atoms with Gasteiger partial charge in [-0.15, -0.1) is 0 Å². The van der Waals surface area contributed by atoms with Gasteiger partial charge in [0, 0.05) is 0 Å². The highest BCUT2D eigenvalue weighted by molar-refractivity contribution is 7.47. The number of nitrogen functional groups attached to an aromatic ring is 1. The number of imidazole rings is 1. The largest absolute Gasteiger partial charge is 0.473 e. The highest BCUT2D eigenvalue weighted by Gasteiger charge is 2.50. The number of hydrogen-bond donors (Lipinski definition) is 3. The van der Waals surface area contributed by atoms with Gasteiger partial charge in [0.1, 0.15) is 30.2 Å². The number of hydrogen-bond acceptors (Lipinski definition) is 10. The van der Waals surface area contributed by atoms with Gasteiger partial charge in [-0.3, -0.25) is 13.6 Å². The highest BCUT2D eigenvalue weighted by atomic mass is 31.2. The summed E-state index contributed by atoms with van der Waals surface area (Å²) in [6, 6.07) is 0. The van der Waals surface area contributed by atoms with E-state index in [2.05, 4.69) is 15.0 Å². The number of ether oxygens (including phenoxy) is 2. The molecule has 0 aromatic carbocycles. The standard InChI is InChI=1S/C18H30N5O7P/c1-17(2,3)27-7-10-13(29-31(25,26)30-18(4,5)6)12(24)16(28-10)23-9-22-11-14(19)20-8-21-15(11)23/h8-10,12-13,16,24H,7H2,1-6H3,(H,25,26)(H2,19,20,21)/t10-,12+,13?,16-/m1/s1. The maximum Gasteiger partial charge on any atom is 0.473 e. The molecule has 13 heteroatoms. The van der Waals surface area contributed by atoms with Gasteiger partial charge in [0.05, 0.1) is 24.1 Å². The maximum atomic E-state index is 12.6. The fourth-order valence-electron chi connectivity index (χ4n) is 3.12. The zero-order chi connectivity index (χ0) is 23.2. The molecule has 174 valence electrons. The molecule has 1 aliphatic rings. The molecule has 0 bridgehead atoms. The summed E-state index contributed by atoms with van der Waals surface area (Å²) in [5, 5.41) is 11.0. The van der Waals surface area contributed by atoms with Crippen molar-refractivity contribution in [3.63, 3.8) is 0 Å². The van der Waals surface area contributed by atoms with Crippen LogP contribution in [0.5, 0.6) is 0 Å². The summed E-state index contributed by atoms with van der Waals surface area (Å²) >= 11 is 0. The zero-order valence-corrected chi connectivity index (χ0v) is 19.3. The molecule has 0 saturated carbocycles. The average Bonchev–Trinajstić information content (AvgIpc) is 3.13. The van der Waals surface area contributed by atoms with Crippen molar-refractivity contribution in [1.82, 2.24) is 19.5 Å². The molecule has 0 aliphatic carbocycles. The molecule has 0 spiro atoms. The molecule has 0 radical (unpaired) electrons. The van der Waals surface area contributed by atoms with Gasteiger partial charge in [-0.25, -0.2) is 19.5 Å². The molecule has 31 heavy (non-hydrogen) atoms. The third-order valence-corrected chi connectivity index (χ3v) is 5.58. The van der Waals surface area contributed by atoms with Crippen LogP contribution >= 0.6 is 7.82 Å². The van der Waals surface area contributed by atoms with Gasteiger partial charge >= 0.3 is 7.82 Å². The Morgan fingerprint density at radius 2 is 1.87 bits per heavy atom. The van der Waals surface area contributed by atoms with E-state index in [1.165, 1.54) is 17.2 Å². The smallest absolute Gasteiger partial charge is 0.386 e. The number of aliphatic hydroxyl groups is 1. The molecule has 5 atom stereocenters. The molecule has 1 fully saturated rings. The molecule has 1 saturated heterocycles. The number of anilines is 1. The van der Waals surface area contributed by atoms with E-state index in [4.69, 9.17) is 24.3 Å². The normalized spacial score (nSPS) is 27.0. The minimum absolute atomic E-state index is 0.000989. The molecule has 2 aromatic heterocycles. The van der Waals surface area contributed by atoms with E-state index in [1.807, 2.05) is 20.8 Å². The molecule has 4 N–H and O–H groups in total. The fourth-order valence-corrected chi connectivity index (χ4v) is 4.43. The summed E-state index contributed by atoms with van der Waals surface area (Å²) in [4.78, 5) is 22.5. The third-order valence-electron chi connectivity index (χ3n) is 4.30. The molecule has 2 unspecified atom stereocenters. The number of rotatable bonds is 6. The van der Waals surface area contributed by atoms with Gasteiger partial charge in [0.25, 0.3) is 0 Å². The second-order valence-corrected chi connectivity index (χ2v) is 10.6. The molecule has 12 nitrogen and oxygen atoms in total. The van der Waals surface area contributed by atoms with E-state index < -0.39 is 43.6 Å². The van der Waals surface area contributed by atoms with Crippen LogP contribution in [0.15, 0.2) is 12.7 Å². The first-order valence-electron chi connectivity index (χ1n) is 9.79. The molecular weight excluding hydrogens is 429 g/mol. The van der Waals surface area contributed by atoms with Gasteiger partial charge in [0.2, 0.25) is 0 Å². The number of phosphoric acid groups is 1. The minimum Gasteiger partial charge on any atom is -0.386 e. The summed E-state index contributed by atoms with van der Waals surface area (Å²) in [6.07, 6.45) is -1.80. The zero-order valence-electron chi connectivity index (χ0n) is 18.4. The predicted molar refractivity (Wildman–Crippen MR) is 111 cm³/mol. The lowest BCUT2D eigenvalue weighted by Gasteiger charge is -2.28. The Kier molecular flexibility index (Phi) is 6.47. The number of phosphoric ester groups is 1. The number of fused-ring (bicyclic) bond motifs is 1. The van der Waals surface area contributed by atoms with Crippen molar-refractivity contribution in [1.29, 1.82) is 0 Å². The number of aliphatic hydroxyl groups excluding tert-OH is 1. The van der Waals surface area contributed by atoms with Crippen LogP contribution in [0.1, 0.15) is 47.8 Å². The van der Waals surface area contributed by atoms with E-state index in [9.17, 15) is 14.6 Å². The van der Waals surface area contributed by atoms with Crippen molar-refractivity contribution < 1.29 is 33.1 Å². The number of nitrogens with zero attached hydrogens (tertiary/aromatic N) is 4. The molecule has 3 rings (SSSR count). The number of aromatic nitrogens is 4. The van der Waals surface area contributed by atoms with Crippen LogP contribution in [0.4, 0.5) is 5.82 Å². The van der Waals surface area contributed by atoms with Gasteiger partial charge in [-0.2, -0.15) is 0 Å². The Labute approximate surface area is 180 Å². The van der Waals surface area contributed by atoms with E-state index in [1.54, 1.807) is 20.8 Å². The van der Waals surface area contributed by atoms with Crippen molar-refractivity contribution >= 4 is 24.8 Å². The van der Waals surface area contributed by atoms with Crippen LogP contribution in [-0.2, 0) is 23.1 Å². The lowest BCUT2D eigenvalue weighted by Crippen LogP contribution is -2.38. The Morgan fingerprint density at radius 1 is 1.19 bits per heavy atom. The van der Waals surface area contributed by atoms with Crippen LogP contribution in [0, 0.1) is 0 Å². The minimum atomic E-state index is -4.53. The Balaban J connectivity index is 1.91. The molecule has 3 heterocycles. The van der Waals surface area contributed by atoms with Crippen LogP contribution in [0.3, 0.4) is 0 Å². The second kappa shape index (κ2) is 8.36. The quantitative estimate of drug-likeness (QED) is 0.539. The van der Waals surface area contributed by atoms with Crippen molar-refractivity contribution in [2.45, 2.75) is 77.3 Å². The van der Waals surface area contributed by atoms with Crippen molar-refractivity contribution in [2.75, 3.05) is 12.3 Å². The summed E-state index contributed by atoms with van der Waals surface area (Å²) in [5.74, 6) is 0.176. The summed E-state index contributed by atoms with van der Waals surface area (Å²) in [6.45, 7) is 10.4. The third kappa shape index (κ3) is 5.78. The Bertz CT molecular complexity index is 970. The van der Waals surface area contributed by atoms with Crippen LogP contribution in [0.25, 0.3) is 11.2 Å². The van der Waals surface area contributed by atoms with Gasteiger partial charge in [-0.05, 0) is 41.5 Å². The summed E-state index contributed by atoms with van der Waals surface area (Å²) < 4.78 is 36.3. The second-order valence-electron chi connectivity index (χ2n) is 9.30. The first kappa shape index (κ1) is 24.0. The SMILES string of the molecule is CC(C)(C)OC[C@H]1O[C@@H](n2cnc3c(N)ncnc32)[C@@H](O)C1OP(=O)(O)OC(C)(C)C. The number of nitrogens with two attached hydrogens (primary N) is 1. The Hall–Kier alpha value is -1.66. The Morgan fingerprint density at radius 3 is 2.48 bits per heavy atom. The predicted octanol–water partition coefficient (Wildman–Crippen LogP) is 1.78. The van der Waals surface area contributed by atoms with Gasteiger partial charge < -0.3 is 25.2 Å². The first-order chi connectivity index (χ1) is 14.2. The summed E-state index contributed by atoms with van der Waals surface area (Å²) in [5.41, 5.74) is 5.06. The highest BCUT2D eigenvalue weighted by Crippen LogP contribution is 2.51. The molecule has 2 aromatic rings. The lowest BCUT2D eigenvalue weighted by molar-refractivity contribution is -0.0995. The van der Waals surface area contributed by atoms with Crippen molar-refractivity contribution in [3.8, 4) is 0 Å². The molecular formula is C18H30N5O7P. The van der Waals surface area contributed by atoms with Gasteiger partial charge in [0.15, 0.2) is 17.7 Å². The van der Waals surface area contributed by atoms with Gasteiger partial charge in [-0.1, -0.05) is 0 Å². The van der Waals surface area contributed by atoms with Crippen LogP contribution < -0.4 is 5.73 Å². The maximum absolute atomic E-state index is 12.6. The van der Waals surface area contributed by atoms with E-state index in [0.717, 1.165) is 0 Å². The van der Waals surface area contributed by atoms with E-state index >= 15 is 0 Å². The van der Waals surface area contributed by atoms with E-state index in [-0.39, 0.29) is 12.4 Å². The van der Waals surface area contributed by atoms with Crippen molar-refractivity contribution in [3.05, 3.63) is 12.7 Å². The monoisotopic (exact) mass is 459 g/mol. The lowest BCUT2D eigenvalue weighted by atomic mass is 10.1. The van der Waals surface area contributed by atoms with Crippen molar-refractivity contribution in [2.24, 2.45) is 0 Å². The first-order valence-corrected chi connectivity index (χ1v) is 11.3. The topological polar surface area (TPSA) is 164 Å².